The molecule has 1 N–H and O–H groups in total. The molecule has 5 aromatic carbocycles. The smallest absolute Gasteiger partial charge is 0.124 e. The predicted octanol–water partition coefficient (Wildman–Crippen LogP) is 10.7. The Labute approximate surface area is 297 Å². The van der Waals surface area contributed by atoms with Crippen LogP contribution in [0.4, 0.5) is 0 Å². The van der Waals surface area contributed by atoms with E-state index in [0.717, 1.165) is 33.5 Å². The van der Waals surface area contributed by atoms with Crippen LogP contribution < -0.4 is 16.0 Å². The first kappa shape index (κ1) is 33.4. The molecule has 0 aliphatic carbocycles. The molecule has 0 radical (unpaired) electrons. The lowest BCUT2D eigenvalue weighted by Crippen LogP contribution is -2.23. The number of rotatable bonds is 6. The van der Waals surface area contributed by atoms with Gasteiger partial charge in [0.15, 0.2) is 0 Å². The van der Waals surface area contributed by atoms with Crippen molar-refractivity contribution >= 4 is 34.7 Å². The lowest BCUT2D eigenvalue weighted by molar-refractivity contribution is 0.477. The highest BCUT2D eigenvalue weighted by Gasteiger charge is 2.23. The Morgan fingerprint density at radius 2 is 1.18 bits per heavy atom. The van der Waals surface area contributed by atoms with E-state index >= 15 is 0 Å². The topological polar surface area (TPSA) is 46.0 Å². The summed E-state index contributed by atoms with van der Waals surface area (Å²) >= 11 is 0. The van der Waals surface area contributed by atoms with Crippen molar-refractivity contribution in [1.29, 1.82) is 0 Å². The second kappa shape index (κ2) is 13.3. The maximum atomic E-state index is 11.0. The van der Waals surface area contributed by atoms with Crippen LogP contribution in [0.2, 0.25) is 0 Å². The Bertz CT molecular complexity index is 2280. The zero-order chi connectivity index (χ0) is 35.0. The average molecular weight is 671 g/mol. The summed E-state index contributed by atoms with van der Waals surface area (Å²) in [6.45, 7) is 13.6. The Hall–Kier alpha value is -5.11. The number of aromatic hydroxyl groups is 1. The first-order chi connectivity index (χ1) is 24.0. The summed E-state index contributed by atoms with van der Waals surface area (Å²) in [6.07, 6.45) is 1.89. The second-order valence-corrected chi connectivity index (χ2v) is 17.1. The van der Waals surface area contributed by atoms with Gasteiger partial charge in [0.25, 0.3) is 0 Å². The van der Waals surface area contributed by atoms with E-state index in [9.17, 15) is 5.11 Å². The molecule has 50 heavy (non-hydrogen) atoms. The van der Waals surface area contributed by atoms with Gasteiger partial charge >= 0.3 is 0 Å². The molecule has 0 aliphatic heterocycles. The summed E-state index contributed by atoms with van der Waals surface area (Å²) in [4.78, 5) is 10.1. The van der Waals surface area contributed by atoms with Crippen molar-refractivity contribution in [3.8, 4) is 39.4 Å². The van der Waals surface area contributed by atoms with Crippen molar-refractivity contribution in [2.75, 3.05) is 0 Å². The van der Waals surface area contributed by atoms with Gasteiger partial charge in [0.05, 0.1) is 16.8 Å². The molecule has 0 saturated carbocycles. The summed E-state index contributed by atoms with van der Waals surface area (Å²) in [5.74, 6) is 0.213. The van der Waals surface area contributed by atoms with Crippen molar-refractivity contribution < 1.29 is 5.11 Å². The standard InChI is InChI=1S/C46H43N2OP/c1-45(2,3)35-25-33(26-36(30-35)46(4,5)6)34-28-40(48-41(29-34)39-20-9-10-21-42(39)49)32-17-13-18-37(27-32)50(44-23-11-12-24-47-44)43-22-14-16-31-15-7-8-19-38(31)43/h7-30,49H,1-6H3. The number of fused-ring (bicyclic) bond motifs is 1. The molecule has 2 aromatic heterocycles. The van der Waals surface area contributed by atoms with Crippen LogP contribution in [0.1, 0.15) is 52.7 Å². The average Bonchev–Trinajstić information content (AvgIpc) is 3.11. The van der Waals surface area contributed by atoms with Crippen LogP contribution in [0.3, 0.4) is 0 Å². The normalized spacial score (nSPS) is 12.6. The van der Waals surface area contributed by atoms with E-state index in [1.54, 1.807) is 6.07 Å². The summed E-state index contributed by atoms with van der Waals surface area (Å²) in [5, 5.41) is 15.9. The summed E-state index contributed by atoms with van der Waals surface area (Å²) in [6, 6.07) is 49.0. The number of nitrogens with zero attached hydrogens (tertiary/aromatic N) is 2. The fraction of sp³-hybridized carbons (Fsp3) is 0.174. The van der Waals surface area contributed by atoms with Gasteiger partial charge in [-0.25, -0.2) is 4.98 Å². The fourth-order valence-corrected chi connectivity index (χ4v) is 8.81. The molecule has 0 saturated heterocycles. The molecule has 0 aliphatic rings. The molecule has 7 rings (SSSR count). The number of phenolic OH excluding ortho intramolecular Hbond substituents is 1. The summed E-state index contributed by atoms with van der Waals surface area (Å²) < 4.78 is 0. The van der Waals surface area contributed by atoms with Gasteiger partial charge < -0.3 is 5.11 Å². The number of phenols is 1. The minimum absolute atomic E-state index is 0.0228. The van der Waals surface area contributed by atoms with Gasteiger partial charge in [0, 0.05) is 25.2 Å². The highest BCUT2D eigenvalue weighted by molar-refractivity contribution is 7.80. The fourth-order valence-electron chi connectivity index (χ4n) is 6.42. The van der Waals surface area contributed by atoms with Crippen molar-refractivity contribution in [3.05, 3.63) is 157 Å². The second-order valence-electron chi connectivity index (χ2n) is 15.0. The van der Waals surface area contributed by atoms with Crippen molar-refractivity contribution in [1.82, 2.24) is 9.97 Å². The van der Waals surface area contributed by atoms with E-state index in [-0.39, 0.29) is 16.6 Å². The highest BCUT2D eigenvalue weighted by atomic mass is 31.1. The van der Waals surface area contributed by atoms with Gasteiger partial charge in [0.2, 0.25) is 0 Å². The molecule has 2 heterocycles. The Kier molecular flexibility index (Phi) is 8.89. The summed E-state index contributed by atoms with van der Waals surface area (Å²) in [5.41, 5.74) is 9.13. The monoisotopic (exact) mass is 670 g/mol. The van der Waals surface area contributed by atoms with Crippen LogP contribution in [-0.4, -0.2) is 15.1 Å². The van der Waals surface area contributed by atoms with E-state index in [2.05, 4.69) is 151 Å². The Morgan fingerprint density at radius 3 is 1.90 bits per heavy atom. The van der Waals surface area contributed by atoms with Crippen molar-refractivity contribution in [2.45, 2.75) is 52.4 Å². The van der Waals surface area contributed by atoms with Crippen molar-refractivity contribution in [3.63, 3.8) is 0 Å². The van der Waals surface area contributed by atoms with E-state index in [4.69, 9.17) is 9.97 Å². The molecule has 0 amide bonds. The molecule has 3 nitrogen and oxygen atoms in total. The molecular weight excluding hydrogens is 627 g/mol. The van der Waals surface area contributed by atoms with Gasteiger partial charge in [-0.2, -0.15) is 0 Å². The van der Waals surface area contributed by atoms with Gasteiger partial charge in [-0.1, -0.05) is 139 Å². The van der Waals surface area contributed by atoms with Gasteiger partial charge in [0.1, 0.15) is 5.75 Å². The molecule has 1 unspecified atom stereocenters. The highest BCUT2D eigenvalue weighted by Crippen LogP contribution is 2.39. The molecule has 1 atom stereocenters. The number of aromatic nitrogens is 2. The number of benzene rings is 5. The quantitative estimate of drug-likeness (QED) is 0.179. The number of para-hydroxylation sites is 1. The lowest BCUT2D eigenvalue weighted by Gasteiger charge is -2.26. The van der Waals surface area contributed by atoms with Crippen molar-refractivity contribution in [2.24, 2.45) is 0 Å². The van der Waals surface area contributed by atoms with Crippen LogP contribution in [0.5, 0.6) is 5.75 Å². The maximum Gasteiger partial charge on any atom is 0.124 e. The van der Waals surface area contributed by atoms with Crippen LogP contribution >= 0.6 is 7.92 Å². The molecule has 7 aromatic rings. The number of hydrogen-bond acceptors (Lipinski definition) is 3. The minimum Gasteiger partial charge on any atom is -0.507 e. The van der Waals surface area contributed by atoms with Gasteiger partial charge in [-0.15, -0.1) is 0 Å². The van der Waals surface area contributed by atoms with E-state index in [0.29, 0.717) is 5.56 Å². The van der Waals surface area contributed by atoms with Crippen LogP contribution in [0, 0.1) is 0 Å². The molecular formula is C46H43N2OP. The van der Waals surface area contributed by atoms with Crippen LogP contribution in [-0.2, 0) is 10.8 Å². The van der Waals surface area contributed by atoms with E-state index in [1.807, 2.05) is 30.5 Å². The zero-order valence-corrected chi connectivity index (χ0v) is 30.5. The van der Waals surface area contributed by atoms with Crippen LogP contribution in [0.15, 0.2) is 146 Å². The SMILES string of the molecule is CC(C)(C)c1cc(-c2cc(-c3cccc(P(c4ccccn4)c4cccc5ccccc45)c3)nc(-c3ccccc3O)c2)cc(C(C)(C)C)c1. The summed E-state index contributed by atoms with van der Waals surface area (Å²) in [7, 11) is -0.974. The third kappa shape index (κ3) is 6.84. The third-order valence-corrected chi connectivity index (χ3v) is 11.7. The predicted molar refractivity (Wildman–Crippen MR) is 214 cm³/mol. The number of hydrogen-bond donors (Lipinski definition) is 1. The zero-order valence-electron chi connectivity index (χ0n) is 29.6. The largest absolute Gasteiger partial charge is 0.507 e. The maximum absolute atomic E-state index is 11.0. The Balaban J connectivity index is 1.44. The molecule has 0 bridgehead atoms. The first-order valence-corrected chi connectivity index (χ1v) is 18.6. The minimum atomic E-state index is -0.974. The van der Waals surface area contributed by atoms with E-state index < -0.39 is 7.92 Å². The molecule has 0 fully saturated rings. The third-order valence-electron chi connectivity index (χ3n) is 9.29. The molecule has 4 heteroatoms. The van der Waals surface area contributed by atoms with Gasteiger partial charge in [-0.3, -0.25) is 4.98 Å². The van der Waals surface area contributed by atoms with E-state index in [1.165, 1.54) is 32.5 Å². The lowest BCUT2D eigenvalue weighted by atomic mass is 9.79. The Morgan fingerprint density at radius 1 is 0.540 bits per heavy atom. The van der Waals surface area contributed by atoms with Gasteiger partial charge in [-0.05, 0) is 96.9 Å². The first-order valence-electron chi connectivity index (χ1n) is 17.2. The molecule has 0 spiro atoms. The number of pyridine rings is 2. The molecule has 248 valence electrons. The van der Waals surface area contributed by atoms with Crippen LogP contribution in [0.25, 0.3) is 44.4 Å².